The maximum Gasteiger partial charge on any atom is 0.255 e. The number of nitrogens with zero attached hydrogens (tertiary/aromatic N) is 1. The summed E-state index contributed by atoms with van der Waals surface area (Å²) < 4.78 is 10.6. The maximum atomic E-state index is 12.5. The lowest BCUT2D eigenvalue weighted by Gasteiger charge is -2.23. The summed E-state index contributed by atoms with van der Waals surface area (Å²) in [6.07, 6.45) is 0. The van der Waals surface area contributed by atoms with Crippen molar-refractivity contribution in [2.24, 2.45) is 0 Å². The molecule has 0 saturated heterocycles. The first-order chi connectivity index (χ1) is 11.6. The third-order valence-corrected chi connectivity index (χ3v) is 4.34. The van der Waals surface area contributed by atoms with Crippen LogP contribution in [0.3, 0.4) is 0 Å². The Balaban J connectivity index is 1.48. The highest BCUT2D eigenvalue weighted by Gasteiger charge is 2.33. The third-order valence-electron chi connectivity index (χ3n) is 4.34. The highest BCUT2D eigenvalue weighted by atomic mass is 16.7. The standard InChI is InChI=1S/C18H16N2O4/c1-11(20-9-12-4-2-3-5-14(12)18(20)22)17(21)19-13-6-7-15-16(8-13)24-10-23-15/h2-8,11H,9-10H2,1H3,(H,19,21)/t11-/m1/s1. The van der Waals surface area contributed by atoms with Crippen LogP contribution in [0.25, 0.3) is 0 Å². The summed E-state index contributed by atoms with van der Waals surface area (Å²) in [5.74, 6) is 0.908. The first-order valence-electron chi connectivity index (χ1n) is 7.73. The number of hydrogen-bond donors (Lipinski definition) is 1. The molecule has 0 spiro atoms. The largest absolute Gasteiger partial charge is 0.454 e. The van der Waals surface area contributed by atoms with Crippen LogP contribution >= 0.6 is 0 Å². The molecule has 24 heavy (non-hydrogen) atoms. The predicted octanol–water partition coefficient (Wildman–Crippen LogP) is 2.40. The lowest BCUT2D eigenvalue weighted by molar-refractivity contribution is -0.120. The summed E-state index contributed by atoms with van der Waals surface area (Å²) in [5, 5.41) is 2.83. The Morgan fingerprint density at radius 3 is 2.79 bits per heavy atom. The smallest absolute Gasteiger partial charge is 0.255 e. The van der Waals surface area contributed by atoms with Gasteiger partial charge in [0.2, 0.25) is 12.7 Å². The molecule has 2 aromatic rings. The van der Waals surface area contributed by atoms with Gasteiger partial charge in [0, 0.05) is 23.9 Å². The molecule has 2 heterocycles. The number of anilines is 1. The summed E-state index contributed by atoms with van der Waals surface area (Å²) >= 11 is 0. The highest BCUT2D eigenvalue weighted by molar-refractivity contribution is 6.03. The number of nitrogens with one attached hydrogen (secondary N) is 1. The Kier molecular flexibility index (Phi) is 3.37. The number of rotatable bonds is 3. The van der Waals surface area contributed by atoms with Crippen molar-refractivity contribution in [2.45, 2.75) is 19.5 Å². The normalized spacial score (nSPS) is 16.0. The Labute approximate surface area is 139 Å². The molecule has 0 fully saturated rings. The van der Waals surface area contributed by atoms with Gasteiger partial charge in [-0.3, -0.25) is 9.59 Å². The number of hydrogen-bond acceptors (Lipinski definition) is 4. The fraction of sp³-hybridized carbons (Fsp3) is 0.222. The fourth-order valence-corrected chi connectivity index (χ4v) is 2.95. The van der Waals surface area contributed by atoms with E-state index in [0.717, 1.165) is 5.56 Å². The Hall–Kier alpha value is -3.02. The van der Waals surface area contributed by atoms with Crippen LogP contribution in [0.15, 0.2) is 42.5 Å². The van der Waals surface area contributed by atoms with Crippen LogP contribution < -0.4 is 14.8 Å². The monoisotopic (exact) mass is 324 g/mol. The molecule has 0 aromatic heterocycles. The average Bonchev–Trinajstić information content (AvgIpc) is 3.18. The topological polar surface area (TPSA) is 67.9 Å². The van der Waals surface area contributed by atoms with E-state index in [1.165, 1.54) is 0 Å². The first kappa shape index (κ1) is 14.6. The zero-order valence-corrected chi connectivity index (χ0v) is 13.1. The van der Waals surface area contributed by atoms with Gasteiger partial charge >= 0.3 is 0 Å². The van der Waals surface area contributed by atoms with Gasteiger partial charge in [-0.05, 0) is 30.7 Å². The van der Waals surface area contributed by atoms with E-state index in [2.05, 4.69) is 5.32 Å². The molecule has 1 N–H and O–H groups in total. The molecule has 6 nitrogen and oxygen atoms in total. The van der Waals surface area contributed by atoms with Gasteiger partial charge in [0.25, 0.3) is 5.91 Å². The Bertz CT molecular complexity index is 834. The Morgan fingerprint density at radius 1 is 1.17 bits per heavy atom. The van der Waals surface area contributed by atoms with E-state index in [-0.39, 0.29) is 18.6 Å². The SMILES string of the molecule is C[C@H](C(=O)Nc1ccc2c(c1)OCO2)N1Cc2ccccc2C1=O. The quantitative estimate of drug-likeness (QED) is 0.941. The minimum Gasteiger partial charge on any atom is -0.454 e. The van der Waals surface area contributed by atoms with Crippen LogP contribution in [0.2, 0.25) is 0 Å². The van der Waals surface area contributed by atoms with Crippen molar-refractivity contribution in [1.82, 2.24) is 4.90 Å². The van der Waals surface area contributed by atoms with E-state index in [9.17, 15) is 9.59 Å². The number of ether oxygens (including phenoxy) is 2. The molecule has 0 radical (unpaired) electrons. The highest BCUT2D eigenvalue weighted by Crippen LogP contribution is 2.34. The number of carbonyl (C=O) groups is 2. The summed E-state index contributed by atoms with van der Waals surface area (Å²) in [5.41, 5.74) is 2.23. The van der Waals surface area contributed by atoms with Crippen molar-refractivity contribution < 1.29 is 19.1 Å². The Morgan fingerprint density at radius 2 is 1.96 bits per heavy atom. The minimum absolute atomic E-state index is 0.112. The second-order valence-corrected chi connectivity index (χ2v) is 5.82. The molecule has 4 rings (SSSR count). The van der Waals surface area contributed by atoms with Gasteiger partial charge in [0.05, 0.1) is 0 Å². The molecule has 0 saturated carbocycles. The molecule has 2 amide bonds. The van der Waals surface area contributed by atoms with Crippen molar-refractivity contribution in [3.8, 4) is 11.5 Å². The van der Waals surface area contributed by atoms with Gasteiger partial charge in [-0.1, -0.05) is 18.2 Å². The number of amides is 2. The molecular weight excluding hydrogens is 308 g/mol. The van der Waals surface area contributed by atoms with Gasteiger partial charge < -0.3 is 19.7 Å². The molecule has 0 unspecified atom stereocenters. The minimum atomic E-state index is -0.574. The van der Waals surface area contributed by atoms with Crippen molar-refractivity contribution in [3.05, 3.63) is 53.6 Å². The second-order valence-electron chi connectivity index (χ2n) is 5.82. The van der Waals surface area contributed by atoms with E-state index in [0.29, 0.717) is 29.3 Å². The van der Waals surface area contributed by atoms with Crippen LogP contribution in [-0.4, -0.2) is 29.5 Å². The summed E-state index contributed by atoms with van der Waals surface area (Å²) in [7, 11) is 0. The van der Waals surface area contributed by atoms with E-state index >= 15 is 0 Å². The molecule has 122 valence electrons. The van der Waals surface area contributed by atoms with Crippen LogP contribution in [-0.2, 0) is 11.3 Å². The number of benzene rings is 2. The van der Waals surface area contributed by atoms with Crippen LogP contribution in [0.4, 0.5) is 5.69 Å². The third kappa shape index (κ3) is 2.36. The molecular formula is C18H16N2O4. The molecule has 0 aliphatic carbocycles. The molecule has 2 aliphatic heterocycles. The average molecular weight is 324 g/mol. The molecule has 1 atom stereocenters. The van der Waals surface area contributed by atoms with Gasteiger partial charge in [0.15, 0.2) is 11.5 Å². The van der Waals surface area contributed by atoms with Crippen LogP contribution in [0.1, 0.15) is 22.8 Å². The number of carbonyl (C=O) groups excluding carboxylic acids is 2. The second kappa shape index (κ2) is 5.56. The zero-order valence-electron chi connectivity index (χ0n) is 13.1. The van der Waals surface area contributed by atoms with Crippen molar-refractivity contribution in [1.29, 1.82) is 0 Å². The van der Waals surface area contributed by atoms with E-state index in [1.807, 2.05) is 18.2 Å². The number of fused-ring (bicyclic) bond motifs is 2. The molecule has 2 aromatic carbocycles. The van der Waals surface area contributed by atoms with Crippen LogP contribution in [0, 0.1) is 0 Å². The van der Waals surface area contributed by atoms with E-state index in [4.69, 9.17) is 9.47 Å². The van der Waals surface area contributed by atoms with E-state index in [1.54, 1.807) is 36.1 Å². The van der Waals surface area contributed by atoms with Crippen LogP contribution in [0.5, 0.6) is 11.5 Å². The summed E-state index contributed by atoms with van der Waals surface area (Å²) in [4.78, 5) is 26.6. The maximum absolute atomic E-state index is 12.5. The molecule has 2 aliphatic rings. The summed E-state index contributed by atoms with van der Waals surface area (Å²) in [6, 6.07) is 12.1. The van der Waals surface area contributed by atoms with Crippen molar-refractivity contribution >= 4 is 17.5 Å². The lowest BCUT2D eigenvalue weighted by Crippen LogP contribution is -2.42. The van der Waals surface area contributed by atoms with Gasteiger partial charge in [-0.2, -0.15) is 0 Å². The zero-order chi connectivity index (χ0) is 16.7. The van der Waals surface area contributed by atoms with Crippen molar-refractivity contribution in [2.75, 3.05) is 12.1 Å². The van der Waals surface area contributed by atoms with Crippen molar-refractivity contribution in [3.63, 3.8) is 0 Å². The van der Waals surface area contributed by atoms with Gasteiger partial charge in [-0.15, -0.1) is 0 Å². The predicted molar refractivity (Wildman–Crippen MR) is 87.0 cm³/mol. The van der Waals surface area contributed by atoms with Gasteiger partial charge in [0.1, 0.15) is 6.04 Å². The first-order valence-corrected chi connectivity index (χ1v) is 7.73. The molecule has 0 bridgehead atoms. The van der Waals surface area contributed by atoms with E-state index < -0.39 is 6.04 Å². The van der Waals surface area contributed by atoms with Gasteiger partial charge in [-0.25, -0.2) is 0 Å². The molecule has 6 heteroatoms. The lowest BCUT2D eigenvalue weighted by atomic mass is 10.1. The summed E-state index contributed by atoms with van der Waals surface area (Å²) in [6.45, 7) is 2.36. The fourth-order valence-electron chi connectivity index (χ4n) is 2.95.